The zero-order valence-electron chi connectivity index (χ0n) is 13.0. The van der Waals surface area contributed by atoms with E-state index in [1.807, 2.05) is 25.1 Å². The number of rotatable bonds is 4. The molecule has 2 N–H and O–H groups in total. The van der Waals surface area contributed by atoms with Crippen molar-refractivity contribution in [3.05, 3.63) is 52.3 Å². The molecule has 0 spiro atoms. The average molecular weight is 334 g/mol. The number of likely N-dealkylation sites (tertiary alicyclic amines) is 1. The van der Waals surface area contributed by atoms with Crippen LogP contribution in [0.2, 0.25) is 5.02 Å². The molecule has 1 aliphatic heterocycles. The van der Waals surface area contributed by atoms with Crippen LogP contribution in [-0.4, -0.2) is 45.3 Å². The molecule has 0 saturated carbocycles. The number of aromatic amines is 1. The number of hydrogen-bond acceptors (Lipinski definition) is 3. The van der Waals surface area contributed by atoms with Gasteiger partial charge in [0.25, 0.3) is 0 Å². The molecule has 0 aliphatic carbocycles. The monoisotopic (exact) mass is 333 g/mol. The zero-order chi connectivity index (χ0) is 16.4. The van der Waals surface area contributed by atoms with E-state index in [4.69, 9.17) is 11.6 Å². The number of carbonyl (C=O) groups excluding carboxylic acids is 1. The third kappa shape index (κ3) is 3.92. The summed E-state index contributed by atoms with van der Waals surface area (Å²) in [4.78, 5) is 14.2. The lowest BCUT2D eigenvalue weighted by molar-refractivity contribution is -0.129. The Balaban J connectivity index is 1.60. The average Bonchev–Trinajstić information content (AvgIpc) is 3.06. The molecule has 0 bridgehead atoms. The van der Waals surface area contributed by atoms with Crippen LogP contribution in [0.4, 0.5) is 0 Å². The molecule has 3 rings (SSSR count). The fourth-order valence-electron chi connectivity index (χ4n) is 3.04. The van der Waals surface area contributed by atoms with Crippen LogP contribution in [-0.2, 0) is 17.6 Å². The molecule has 5 nitrogen and oxygen atoms in total. The highest BCUT2D eigenvalue weighted by atomic mass is 35.5. The van der Waals surface area contributed by atoms with Gasteiger partial charge >= 0.3 is 0 Å². The van der Waals surface area contributed by atoms with Gasteiger partial charge in [-0.25, -0.2) is 0 Å². The smallest absolute Gasteiger partial charge is 0.227 e. The first kappa shape index (κ1) is 16.0. The number of aryl methyl sites for hydroxylation is 1. The van der Waals surface area contributed by atoms with Crippen LogP contribution in [0.5, 0.6) is 0 Å². The quantitative estimate of drug-likeness (QED) is 0.899. The summed E-state index contributed by atoms with van der Waals surface area (Å²) in [6.45, 7) is 2.89. The number of carbonyl (C=O) groups is 1. The molecule has 2 aromatic rings. The van der Waals surface area contributed by atoms with Crippen molar-refractivity contribution in [1.29, 1.82) is 0 Å². The van der Waals surface area contributed by atoms with Gasteiger partial charge < -0.3 is 10.0 Å². The Morgan fingerprint density at radius 3 is 2.96 bits per heavy atom. The van der Waals surface area contributed by atoms with Crippen molar-refractivity contribution in [3.63, 3.8) is 0 Å². The number of amides is 1. The number of β-amino-alcohol motifs (C(OH)–C–C–N with tert-alkyl or cyclic N) is 1. The number of aliphatic hydroxyl groups excluding tert-OH is 1. The van der Waals surface area contributed by atoms with E-state index in [9.17, 15) is 9.90 Å². The van der Waals surface area contributed by atoms with Gasteiger partial charge in [0.1, 0.15) is 0 Å². The van der Waals surface area contributed by atoms with Gasteiger partial charge in [0.15, 0.2) is 0 Å². The molecule has 0 radical (unpaired) electrons. The number of aliphatic hydroxyl groups is 1. The maximum Gasteiger partial charge on any atom is 0.227 e. The minimum atomic E-state index is -0.504. The Morgan fingerprint density at radius 2 is 2.26 bits per heavy atom. The van der Waals surface area contributed by atoms with Gasteiger partial charge in [-0.1, -0.05) is 23.7 Å². The Hall–Kier alpha value is -1.85. The van der Waals surface area contributed by atoms with Crippen molar-refractivity contribution in [2.75, 3.05) is 13.1 Å². The molecule has 23 heavy (non-hydrogen) atoms. The molecule has 1 saturated heterocycles. The first-order chi connectivity index (χ1) is 11.0. The Labute approximate surface area is 140 Å². The summed E-state index contributed by atoms with van der Waals surface area (Å²) in [5.41, 5.74) is 2.82. The SMILES string of the molecule is Cc1cc(C[C@@H]2CN(C(=O)Cc3cccc(Cl)c3)C[C@H]2O)n[nH]1. The lowest BCUT2D eigenvalue weighted by Gasteiger charge is -2.16. The van der Waals surface area contributed by atoms with Gasteiger partial charge in [0.05, 0.1) is 18.2 Å². The Morgan fingerprint density at radius 1 is 1.43 bits per heavy atom. The maximum absolute atomic E-state index is 12.4. The number of hydrogen-bond donors (Lipinski definition) is 2. The van der Waals surface area contributed by atoms with E-state index in [0.717, 1.165) is 17.0 Å². The summed E-state index contributed by atoms with van der Waals surface area (Å²) in [6, 6.07) is 9.29. The molecule has 2 atom stereocenters. The van der Waals surface area contributed by atoms with E-state index in [1.165, 1.54) is 0 Å². The van der Waals surface area contributed by atoms with Gasteiger partial charge in [-0.05, 0) is 37.1 Å². The Kier molecular flexibility index (Phi) is 4.68. The van der Waals surface area contributed by atoms with Crippen LogP contribution in [0, 0.1) is 12.8 Å². The second-order valence-electron chi connectivity index (χ2n) is 6.18. The number of H-pyrrole nitrogens is 1. The van der Waals surface area contributed by atoms with E-state index < -0.39 is 6.10 Å². The molecule has 2 heterocycles. The van der Waals surface area contributed by atoms with Crippen LogP contribution in [0.25, 0.3) is 0 Å². The normalized spacial score (nSPS) is 20.9. The molecule has 1 aromatic carbocycles. The lowest BCUT2D eigenvalue weighted by atomic mass is 10.0. The third-order valence-corrected chi connectivity index (χ3v) is 4.47. The molecular weight excluding hydrogens is 314 g/mol. The largest absolute Gasteiger partial charge is 0.391 e. The number of nitrogens with zero attached hydrogens (tertiary/aromatic N) is 2. The van der Waals surface area contributed by atoms with Crippen LogP contribution >= 0.6 is 11.6 Å². The fraction of sp³-hybridized carbons (Fsp3) is 0.412. The minimum absolute atomic E-state index is 0.0204. The highest BCUT2D eigenvalue weighted by Crippen LogP contribution is 2.22. The van der Waals surface area contributed by atoms with E-state index >= 15 is 0 Å². The summed E-state index contributed by atoms with van der Waals surface area (Å²) in [5.74, 6) is 0.0491. The molecule has 1 amide bonds. The van der Waals surface area contributed by atoms with Crippen molar-refractivity contribution in [3.8, 4) is 0 Å². The lowest BCUT2D eigenvalue weighted by Crippen LogP contribution is -2.31. The van der Waals surface area contributed by atoms with Crippen LogP contribution < -0.4 is 0 Å². The topological polar surface area (TPSA) is 69.2 Å². The van der Waals surface area contributed by atoms with E-state index in [0.29, 0.717) is 31.0 Å². The summed E-state index contributed by atoms with van der Waals surface area (Å²) < 4.78 is 0. The summed E-state index contributed by atoms with van der Waals surface area (Å²) in [5, 5.41) is 18.0. The first-order valence-electron chi connectivity index (χ1n) is 7.72. The predicted octanol–water partition coefficient (Wildman–Crippen LogP) is 1.98. The zero-order valence-corrected chi connectivity index (χ0v) is 13.8. The van der Waals surface area contributed by atoms with Crippen LogP contribution in [0.3, 0.4) is 0 Å². The van der Waals surface area contributed by atoms with E-state index in [1.54, 1.807) is 17.0 Å². The van der Waals surface area contributed by atoms with Crippen molar-refractivity contribution in [2.45, 2.75) is 25.9 Å². The third-order valence-electron chi connectivity index (χ3n) is 4.23. The van der Waals surface area contributed by atoms with Gasteiger partial charge in [0, 0.05) is 29.7 Å². The maximum atomic E-state index is 12.4. The van der Waals surface area contributed by atoms with Crippen LogP contribution in [0.1, 0.15) is 17.0 Å². The number of benzene rings is 1. The summed E-state index contributed by atoms with van der Waals surface area (Å²) >= 11 is 5.95. The van der Waals surface area contributed by atoms with Crippen molar-refractivity contribution >= 4 is 17.5 Å². The second-order valence-corrected chi connectivity index (χ2v) is 6.62. The molecule has 1 aromatic heterocycles. The molecular formula is C17H20ClN3O2. The van der Waals surface area contributed by atoms with Gasteiger partial charge in [-0.2, -0.15) is 5.10 Å². The number of halogens is 1. The molecule has 122 valence electrons. The summed E-state index contributed by atoms with van der Waals surface area (Å²) in [7, 11) is 0. The molecule has 6 heteroatoms. The molecule has 1 fully saturated rings. The number of nitrogens with one attached hydrogen (secondary N) is 1. The molecule has 0 unspecified atom stereocenters. The van der Waals surface area contributed by atoms with E-state index in [2.05, 4.69) is 10.2 Å². The highest BCUT2D eigenvalue weighted by Gasteiger charge is 2.34. The van der Waals surface area contributed by atoms with Crippen molar-refractivity contribution in [2.24, 2.45) is 5.92 Å². The standard InChI is InChI=1S/C17H20ClN3O2/c1-11-5-15(20-19-11)8-13-9-21(10-16(13)22)17(23)7-12-3-2-4-14(18)6-12/h2-6,13,16,22H,7-10H2,1H3,(H,19,20)/t13-,16-/m1/s1. The summed E-state index contributed by atoms with van der Waals surface area (Å²) in [6.07, 6.45) is 0.476. The molecule has 1 aliphatic rings. The van der Waals surface area contributed by atoms with E-state index in [-0.39, 0.29) is 11.8 Å². The van der Waals surface area contributed by atoms with Crippen molar-refractivity contribution in [1.82, 2.24) is 15.1 Å². The van der Waals surface area contributed by atoms with Crippen molar-refractivity contribution < 1.29 is 9.90 Å². The number of aromatic nitrogens is 2. The van der Waals surface area contributed by atoms with Gasteiger partial charge in [0.2, 0.25) is 5.91 Å². The second kappa shape index (κ2) is 6.72. The first-order valence-corrected chi connectivity index (χ1v) is 8.10. The van der Waals surface area contributed by atoms with Crippen LogP contribution in [0.15, 0.2) is 30.3 Å². The Bertz CT molecular complexity index is 701. The minimum Gasteiger partial charge on any atom is -0.391 e. The predicted molar refractivity (Wildman–Crippen MR) is 88.3 cm³/mol. The highest BCUT2D eigenvalue weighted by molar-refractivity contribution is 6.30. The van der Waals surface area contributed by atoms with Gasteiger partial charge in [-0.15, -0.1) is 0 Å². The fourth-order valence-corrected chi connectivity index (χ4v) is 3.25. The van der Waals surface area contributed by atoms with Gasteiger partial charge in [-0.3, -0.25) is 9.89 Å².